The molecule has 10 heteroatoms. The quantitative estimate of drug-likeness (QED) is 0.143. The summed E-state index contributed by atoms with van der Waals surface area (Å²) < 4.78 is 9.63. The number of nitrogens with one attached hydrogen (secondary N) is 1. The van der Waals surface area contributed by atoms with Gasteiger partial charge in [0.25, 0.3) is 5.56 Å². The molecule has 0 saturated heterocycles. The molecule has 0 saturated carbocycles. The van der Waals surface area contributed by atoms with Gasteiger partial charge in [0, 0.05) is 11.8 Å². The van der Waals surface area contributed by atoms with Gasteiger partial charge in [-0.05, 0) is 62.0 Å². The smallest absolute Gasteiger partial charge is 0.278 e. The highest BCUT2D eigenvalue weighted by molar-refractivity contribution is 7.99. The number of thiazole rings is 1. The van der Waals surface area contributed by atoms with Gasteiger partial charge >= 0.3 is 0 Å². The minimum Gasteiger partial charge on any atom is -0.497 e. The molecule has 38 heavy (non-hydrogen) atoms. The van der Waals surface area contributed by atoms with Crippen molar-refractivity contribution in [2.45, 2.75) is 19.0 Å². The number of amides is 1. The van der Waals surface area contributed by atoms with Crippen LogP contribution in [0.5, 0.6) is 5.75 Å². The van der Waals surface area contributed by atoms with Crippen LogP contribution in [0.3, 0.4) is 0 Å². The summed E-state index contributed by atoms with van der Waals surface area (Å²) in [7, 11) is 1.57. The third-order valence-corrected chi connectivity index (χ3v) is 8.20. The Morgan fingerprint density at radius 3 is 2.55 bits per heavy atom. The van der Waals surface area contributed by atoms with Gasteiger partial charge in [-0.2, -0.15) is 0 Å². The second-order valence-electron chi connectivity index (χ2n) is 8.58. The summed E-state index contributed by atoms with van der Waals surface area (Å²) in [5, 5.41) is 3.28. The number of rotatable bonds is 7. The van der Waals surface area contributed by atoms with Crippen molar-refractivity contribution in [3.63, 3.8) is 0 Å². The fraction of sp³-hybridized carbons (Fsp3) is 0.143. The van der Waals surface area contributed by atoms with Gasteiger partial charge in [0.2, 0.25) is 5.91 Å². The van der Waals surface area contributed by atoms with Crippen molar-refractivity contribution < 1.29 is 9.53 Å². The Kier molecular flexibility index (Phi) is 7.46. The Morgan fingerprint density at radius 1 is 1.05 bits per heavy atom. The van der Waals surface area contributed by atoms with Gasteiger partial charge in [-0.1, -0.05) is 65.1 Å². The Morgan fingerprint density at radius 2 is 1.82 bits per heavy atom. The monoisotopic (exact) mass is 560 g/mol. The van der Waals surface area contributed by atoms with Crippen LogP contribution in [0.2, 0.25) is 0 Å². The topological polar surface area (TPSA) is 78.2 Å². The van der Waals surface area contributed by atoms with Gasteiger partial charge in [-0.15, -0.1) is 0 Å². The van der Waals surface area contributed by atoms with E-state index in [9.17, 15) is 9.59 Å². The molecule has 0 unspecified atom stereocenters. The van der Waals surface area contributed by atoms with Gasteiger partial charge in [0.05, 0.1) is 24.2 Å². The number of aromatic nitrogens is 3. The van der Waals surface area contributed by atoms with Gasteiger partial charge < -0.3 is 10.1 Å². The number of para-hydroxylation sites is 1. The molecule has 3 aromatic carbocycles. The number of ether oxygens (including phenoxy) is 1. The van der Waals surface area contributed by atoms with Gasteiger partial charge in [-0.3, -0.25) is 18.7 Å². The highest BCUT2D eigenvalue weighted by atomic mass is 32.2. The highest BCUT2D eigenvalue weighted by Crippen LogP contribution is 2.29. The molecule has 5 rings (SSSR count). The second-order valence-corrected chi connectivity index (χ2v) is 11.2. The predicted molar refractivity (Wildman–Crippen MR) is 157 cm³/mol. The van der Waals surface area contributed by atoms with Crippen LogP contribution in [0.25, 0.3) is 21.7 Å². The van der Waals surface area contributed by atoms with E-state index in [1.807, 2.05) is 73.0 Å². The van der Waals surface area contributed by atoms with E-state index in [1.54, 1.807) is 29.9 Å². The number of methoxy groups -OCH3 is 1. The molecule has 0 aliphatic carbocycles. The first kappa shape index (κ1) is 25.9. The number of fused-ring (bicyclic) bond motifs is 1. The molecular formula is C28H24N4O3S3. The van der Waals surface area contributed by atoms with E-state index in [2.05, 4.69) is 5.32 Å². The molecule has 5 aromatic rings. The number of hydrogen-bond donors (Lipinski definition) is 1. The van der Waals surface area contributed by atoms with Crippen LogP contribution in [0.1, 0.15) is 11.1 Å². The van der Waals surface area contributed by atoms with E-state index < -0.39 is 0 Å². The standard InChI is InChI=1S/C28H24N4O3S3/c1-17-11-13-20(14-12-17)31-26(34)24-25(32(28(36)38-24)22-10-5-4-7-18(22)2)30-27(31)37-16-23(33)29-19-8-6-9-21(15-19)35-3/h4-15H,16H2,1-3H3,(H,29,33). The number of thioether (sulfide) groups is 1. The molecule has 1 amide bonds. The molecule has 0 spiro atoms. The molecule has 2 aromatic heterocycles. The van der Waals surface area contributed by atoms with Crippen molar-refractivity contribution in [2.24, 2.45) is 0 Å². The van der Waals surface area contributed by atoms with Crippen molar-refractivity contribution in [2.75, 3.05) is 18.2 Å². The number of aryl methyl sites for hydroxylation is 2. The third kappa shape index (κ3) is 5.15. The van der Waals surface area contributed by atoms with Gasteiger partial charge in [0.1, 0.15) is 10.4 Å². The minimum absolute atomic E-state index is 0.0518. The van der Waals surface area contributed by atoms with Gasteiger partial charge in [0.15, 0.2) is 14.8 Å². The lowest BCUT2D eigenvalue weighted by Gasteiger charge is -2.14. The summed E-state index contributed by atoms with van der Waals surface area (Å²) in [5.41, 5.74) is 4.52. The fourth-order valence-corrected chi connectivity index (χ4v) is 6.10. The number of carbonyl (C=O) groups excluding carboxylic acids is 1. The fourth-order valence-electron chi connectivity index (χ4n) is 4.01. The van der Waals surface area contributed by atoms with Crippen LogP contribution in [-0.2, 0) is 4.79 Å². The van der Waals surface area contributed by atoms with Gasteiger partial charge in [-0.25, -0.2) is 4.98 Å². The minimum atomic E-state index is -0.228. The van der Waals surface area contributed by atoms with Crippen molar-refractivity contribution in [1.29, 1.82) is 0 Å². The second kappa shape index (κ2) is 10.9. The van der Waals surface area contributed by atoms with E-state index in [0.29, 0.717) is 36.6 Å². The Labute approximate surface area is 232 Å². The summed E-state index contributed by atoms with van der Waals surface area (Å²) in [6, 6.07) is 22.6. The van der Waals surface area contributed by atoms with Crippen molar-refractivity contribution in [3.05, 3.63) is 98.2 Å². The Hall–Kier alpha value is -3.73. The Balaban J connectivity index is 1.59. The first-order valence-corrected chi connectivity index (χ1v) is 13.9. The van der Waals surface area contributed by atoms with Crippen LogP contribution >= 0.6 is 35.3 Å². The zero-order valence-electron chi connectivity index (χ0n) is 20.9. The summed E-state index contributed by atoms with van der Waals surface area (Å²) in [5.74, 6) is 0.471. The summed E-state index contributed by atoms with van der Waals surface area (Å²) in [6.07, 6.45) is 0. The molecule has 0 radical (unpaired) electrons. The number of hydrogen-bond acceptors (Lipinski definition) is 7. The van der Waals surface area contributed by atoms with Crippen LogP contribution in [0.4, 0.5) is 5.69 Å². The summed E-state index contributed by atoms with van der Waals surface area (Å²) in [4.78, 5) is 31.6. The molecule has 0 aliphatic heterocycles. The maximum absolute atomic E-state index is 13.9. The largest absolute Gasteiger partial charge is 0.497 e. The first-order valence-electron chi connectivity index (χ1n) is 11.7. The summed E-state index contributed by atoms with van der Waals surface area (Å²) >= 11 is 8.12. The predicted octanol–water partition coefficient (Wildman–Crippen LogP) is 6.32. The first-order chi connectivity index (χ1) is 18.4. The van der Waals surface area contributed by atoms with Crippen LogP contribution in [0.15, 0.2) is 82.7 Å². The van der Waals surface area contributed by atoms with Crippen LogP contribution in [0, 0.1) is 17.8 Å². The van der Waals surface area contributed by atoms with E-state index in [1.165, 1.54) is 23.1 Å². The maximum atomic E-state index is 13.9. The molecule has 7 nitrogen and oxygen atoms in total. The average Bonchev–Trinajstić information content (AvgIpc) is 3.24. The lowest BCUT2D eigenvalue weighted by Crippen LogP contribution is -2.23. The molecule has 2 heterocycles. The number of carbonyl (C=O) groups is 1. The zero-order chi connectivity index (χ0) is 26.8. The molecule has 0 fully saturated rings. The number of benzene rings is 3. The summed E-state index contributed by atoms with van der Waals surface area (Å²) in [6.45, 7) is 3.98. The number of anilines is 1. The zero-order valence-corrected chi connectivity index (χ0v) is 23.4. The van der Waals surface area contributed by atoms with E-state index >= 15 is 0 Å². The molecule has 0 aliphatic rings. The molecule has 192 valence electrons. The van der Waals surface area contributed by atoms with Crippen molar-refractivity contribution in [1.82, 2.24) is 14.1 Å². The van der Waals surface area contributed by atoms with Crippen LogP contribution in [-0.4, -0.2) is 32.9 Å². The van der Waals surface area contributed by atoms with E-state index in [-0.39, 0.29) is 17.2 Å². The van der Waals surface area contributed by atoms with Crippen molar-refractivity contribution in [3.8, 4) is 17.1 Å². The normalized spacial score (nSPS) is 11.0. The lowest BCUT2D eigenvalue weighted by molar-refractivity contribution is -0.113. The molecular weight excluding hydrogens is 537 g/mol. The maximum Gasteiger partial charge on any atom is 0.278 e. The lowest BCUT2D eigenvalue weighted by atomic mass is 10.2. The van der Waals surface area contributed by atoms with Crippen molar-refractivity contribution >= 4 is 57.3 Å². The van der Waals surface area contributed by atoms with E-state index in [4.69, 9.17) is 21.9 Å². The van der Waals surface area contributed by atoms with Crippen LogP contribution < -0.4 is 15.6 Å². The molecule has 1 N–H and O–H groups in total. The van der Waals surface area contributed by atoms with E-state index in [0.717, 1.165) is 16.8 Å². The number of nitrogens with zero attached hydrogens (tertiary/aromatic N) is 3. The molecule has 0 bridgehead atoms. The highest BCUT2D eigenvalue weighted by Gasteiger charge is 2.20. The Bertz CT molecular complexity index is 1770. The molecule has 0 atom stereocenters. The third-order valence-electron chi connectivity index (χ3n) is 5.91. The average molecular weight is 561 g/mol. The SMILES string of the molecule is COc1cccc(NC(=O)CSc2nc3c(sc(=S)n3-c3ccccc3C)c(=O)n2-c2ccc(C)cc2)c1.